The van der Waals surface area contributed by atoms with E-state index in [2.05, 4.69) is 5.32 Å². The average molecular weight is 278 g/mol. The number of amides is 1. The normalized spacial score (nSPS) is 17.4. The zero-order chi connectivity index (χ0) is 14.6. The predicted molar refractivity (Wildman–Crippen MR) is 73.8 cm³/mol. The summed E-state index contributed by atoms with van der Waals surface area (Å²) in [5.41, 5.74) is 0.0775. The van der Waals surface area contributed by atoms with Gasteiger partial charge in [0.1, 0.15) is 0 Å². The molecule has 1 fully saturated rings. The topological polar surface area (TPSA) is 92.5 Å². The van der Waals surface area contributed by atoms with E-state index >= 15 is 0 Å². The quantitative estimate of drug-likeness (QED) is 0.653. The van der Waals surface area contributed by atoms with E-state index in [1.165, 1.54) is 6.07 Å². The molecule has 0 bridgehead atoms. The minimum Gasteiger partial charge on any atom is -0.465 e. The SMILES string of the molecule is O=C(O)NC1(Cc2ccccc2[N+](=O)[O-])CCCCC1. The van der Waals surface area contributed by atoms with Crippen LogP contribution < -0.4 is 5.32 Å². The van der Waals surface area contributed by atoms with E-state index in [1.54, 1.807) is 18.2 Å². The van der Waals surface area contributed by atoms with E-state index in [0.29, 0.717) is 12.0 Å². The molecule has 1 aromatic rings. The van der Waals surface area contributed by atoms with Crippen molar-refractivity contribution in [3.05, 3.63) is 39.9 Å². The average Bonchev–Trinajstić information content (AvgIpc) is 2.39. The molecule has 108 valence electrons. The van der Waals surface area contributed by atoms with Crippen LogP contribution in [-0.2, 0) is 6.42 Å². The fourth-order valence-corrected chi connectivity index (χ4v) is 3.00. The lowest BCUT2D eigenvalue weighted by Gasteiger charge is -2.37. The molecule has 6 heteroatoms. The second-order valence-corrected chi connectivity index (χ2v) is 5.33. The second-order valence-electron chi connectivity index (χ2n) is 5.33. The van der Waals surface area contributed by atoms with E-state index in [9.17, 15) is 14.9 Å². The fourth-order valence-electron chi connectivity index (χ4n) is 3.00. The van der Waals surface area contributed by atoms with Crippen molar-refractivity contribution in [2.45, 2.75) is 44.1 Å². The van der Waals surface area contributed by atoms with E-state index in [0.717, 1.165) is 32.1 Å². The van der Waals surface area contributed by atoms with E-state index in [1.807, 2.05) is 0 Å². The summed E-state index contributed by atoms with van der Waals surface area (Å²) < 4.78 is 0. The number of para-hydroxylation sites is 1. The molecule has 1 saturated carbocycles. The molecule has 0 heterocycles. The van der Waals surface area contributed by atoms with E-state index in [-0.39, 0.29) is 5.69 Å². The van der Waals surface area contributed by atoms with Gasteiger partial charge < -0.3 is 10.4 Å². The maximum atomic E-state index is 11.1. The van der Waals surface area contributed by atoms with Crippen LogP contribution in [0.3, 0.4) is 0 Å². The third-order valence-electron chi connectivity index (χ3n) is 3.90. The summed E-state index contributed by atoms with van der Waals surface area (Å²) in [5, 5.41) is 22.7. The van der Waals surface area contributed by atoms with Crippen molar-refractivity contribution in [1.82, 2.24) is 5.32 Å². The molecule has 1 aliphatic rings. The van der Waals surface area contributed by atoms with Crippen LogP contribution in [0.15, 0.2) is 24.3 Å². The molecule has 0 spiro atoms. The number of carbonyl (C=O) groups is 1. The van der Waals surface area contributed by atoms with Gasteiger partial charge in [-0.3, -0.25) is 10.1 Å². The zero-order valence-corrected chi connectivity index (χ0v) is 11.2. The monoisotopic (exact) mass is 278 g/mol. The number of rotatable bonds is 4. The molecule has 0 unspecified atom stereocenters. The lowest BCUT2D eigenvalue weighted by atomic mass is 9.77. The number of carboxylic acid groups (broad SMARTS) is 1. The Labute approximate surface area is 117 Å². The van der Waals surface area contributed by atoms with Crippen molar-refractivity contribution in [2.24, 2.45) is 0 Å². The Kier molecular flexibility index (Phi) is 4.22. The third kappa shape index (κ3) is 3.26. The summed E-state index contributed by atoms with van der Waals surface area (Å²) in [5.74, 6) is 0. The van der Waals surface area contributed by atoms with E-state index in [4.69, 9.17) is 5.11 Å². The molecule has 2 N–H and O–H groups in total. The Balaban J connectivity index is 2.28. The maximum Gasteiger partial charge on any atom is 0.405 e. The number of nitro groups is 1. The molecule has 1 amide bonds. The van der Waals surface area contributed by atoms with Crippen LogP contribution in [0.4, 0.5) is 10.5 Å². The van der Waals surface area contributed by atoms with Crippen LogP contribution in [0.5, 0.6) is 0 Å². The highest BCUT2D eigenvalue weighted by Crippen LogP contribution is 2.33. The van der Waals surface area contributed by atoms with E-state index < -0.39 is 16.6 Å². The summed E-state index contributed by atoms with van der Waals surface area (Å²) in [7, 11) is 0. The summed E-state index contributed by atoms with van der Waals surface area (Å²) >= 11 is 0. The largest absolute Gasteiger partial charge is 0.465 e. The summed E-state index contributed by atoms with van der Waals surface area (Å²) in [6, 6.07) is 6.55. The molecule has 0 saturated heterocycles. The number of benzene rings is 1. The Morgan fingerprint density at radius 3 is 2.55 bits per heavy atom. The standard InChI is InChI=1S/C14H18N2O4/c17-13(18)15-14(8-4-1-5-9-14)10-11-6-2-3-7-12(11)16(19)20/h2-3,6-7,15H,1,4-5,8-10H2,(H,17,18). The molecule has 1 aliphatic carbocycles. The molecule has 0 atom stereocenters. The molecule has 6 nitrogen and oxygen atoms in total. The van der Waals surface area contributed by atoms with Crippen molar-refractivity contribution >= 4 is 11.8 Å². The van der Waals surface area contributed by atoms with Crippen LogP contribution in [0.2, 0.25) is 0 Å². The first kappa shape index (κ1) is 14.3. The Morgan fingerprint density at radius 1 is 1.30 bits per heavy atom. The summed E-state index contributed by atoms with van der Waals surface area (Å²) in [6.07, 6.45) is 3.74. The zero-order valence-electron chi connectivity index (χ0n) is 11.2. The molecule has 0 aromatic heterocycles. The van der Waals surface area contributed by atoms with Crippen molar-refractivity contribution in [1.29, 1.82) is 0 Å². The van der Waals surface area contributed by atoms with Gasteiger partial charge in [-0.1, -0.05) is 37.5 Å². The lowest BCUT2D eigenvalue weighted by molar-refractivity contribution is -0.385. The maximum absolute atomic E-state index is 11.1. The number of nitrogens with one attached hydrogen (secondary N) is 1. The van der Waals surface area contributed by atoms with Gasteiger partial charge in [-0.25, -0.2) is 4.79 Å². The van der Waals surface area contributed by atoms with Gasteiger partial charge in [0.15, 0.2) is 0 Å². The molecule has 1 aromatic carbocycles. The van der Waals surface area contributed by atoms with Gasteiger partial charge in [0.25, 0.3) is 5.69 Å². The van der Waals surface area contributed by atoms with Gasteiger partial charge in [0.2, 0.25) is 0 Å². The van der Waals surface area contributed by atoms with Gasteiger partial charge in [-0.15, -0.1) is 0 Å². The molecular weight excluding hydrogens is 260 g/mol. The fraction of sp³-hybridized carbons (Fsp3) is 0.500. The third-order valence-corrected chi connectivity index (χ3v) is 3.90. The first-order valence-corrected chi connectivity index (χ1v) is 6.76. The van der Waals surface area contributed by atoms with Crippen LogP contribution in [0.1, 0.15) is 37.7 Å². The smallest absolute Gasteiger partial charge is 0.405 e. The number of hydrogen-bond acceptors (Lipinski definition) is 3. The van der Waals surface area contributed by atoms with Gasteiger partial charge in [0.05, 0.1) is 4.92 Å². The van der Waals surface area contributed by atoms with Gasteiger partial charge in [-0.05, 0) is 12.8 Å². The molecule has 0 radical (unpaired) electrons. The summed E-state index contributed by atoms with van der Waals surface area (Å²) in [6.45, 7) is 0. The minimum atomic E-state index is -1.06. The number of hydrogen-bond donors (Lipinski definition) is 2. The molecular formula is C14H18N2O4. The molecule has 2 rings (SSSR count). The minimum absolute atomic E-state index is 0.0598. The first-order chi connectivity index (χ1) is 9.52. The van der Waals surface area contributed by atoms with Gasteiger partial charge in [0, 0.05) is 23.6 Å². The second kappa shape index (κ2) is 5.90. The van der Waals surface area contributed by atoms with Crippen molar-refractivity contribution in [3.8, 4) is 0 Å². The molecule has 20 heavy (non-hydrogen) atoms. The number of nitrogens with zero attached hydrogens (tertiary/aromatic N) is 1. The van der Waals surface area contributed by atoms with Crippen molar-refractivity contribution in [2.75, 3.05) is 0 Å². The highest BCUT2D eigenvalue weighted by atomic mass is 16.6. The Hall–Kier alpha value is -2.11. The van der Waals surface area contributed by atoms with Crippen molar-refractivity contribution < 1.29 is 14.8 Å². The summed E-state index contributed by atoms with van der Waals surface area (Å²) in [4.78, 5) is 21.7. The van der Waals surface area contributed by atoms with Gasteiger partial charge >= 0.3 is 6.09 Å². The van der Waals surface area contributed by atoms with Gasteiger partial charge in [-0.2, -0.15) is 0 Å². The molecule has 0 aliphatic heterocycles. The van der Waals surface area contributed by atoms with Crippen LogP contribution in [0.25, 0.3) is 0 Å². The first-order valence-electron chi connectivity index (χ1n) is 6.76. The highest BCUT2D eigenvalue weighted by Gasteiger charge is 2.35. The van der Waals surface area contributed by atoms with Crippen molar-refractivity contribution in [3.63, 3.8) is 0 Å². The van der Waals surface area contributed by atoms with Crippen LogP contribution in [0, 0.1) is 10.1 Å². The number of nitro benzene ring substituents is 1. The van der Waals surface area contributed by atoms with Crippen LogP contribution >= 0.6 is 0 Å². The Bertz CT molecular complexity index is 510. The Morgan fingerprint density at radius 2 is 1.95 bits per heavy atom. The predicted octanol–water partition coefficient (Wildman–Crippen LogP) is 3.11. The van der Waals surface area contributed by atoms with Crippen LogP contribution in [-0.4, -0.2) is 21.7 Å². The highest BCUT2D eigenvalue weighted by molar-refractivity contribution is 5.66. The lowest BCUT2D eigenvalue weighted by Crippen LogP contribution is -2.51.